The Kier molecular flexibility index (Phi) is 9.12. The number of fused-ring (bicyclic) bond motifs is 1. The molecule has 4 rings (SSSR count). The van der Waals surface area contributed by atoms with Crippen LogP contribution in [0.2, 0.25) is 0 Å². The molecule has 2 aromatic carbocycles. The van der Waals surface area contributed by atoms with Gasteiger partial charge in [0.2, 0.25) is 0 Å². The van der Waals surface area contributed by atoms with Gasteiger partial charge in [0.05, 0.1) is 11.3 Å². The second-order valence-electron chi connectivity index (χ2n) is 10.4. The molecule has 2 amide bonds. The van der Waals surface area contributed by atoms with Crippen LogP contribution in [0.3, 0.4) is 0 Å². The molecule has 0 saturated carbocycles. The number of carbonyl (C=O) groups is 1. The molecule has 212 valence electrons. The Labute approximate surface area is 233 Å². The number of anilines is 2. The normalized spacial score (nSPS) is 11.8. The van der Waals surface area contributed by atoms with E-state index in [0.29, 0.717) is 5.69 Å². The molecule has 0 saturated heterocycles. The molecule has 0 spiro atoms. The molecule has 4 aromatic rings. The van der Waals surface area contributed by atoms with Gasteiger partial charge in [-0.05, 0) is 66.8 Å². The number of nitrogens with one attached hydrogen (secondary N) is 2. The summed E-state index contributed by atoms with van der Waals surface area (Å²) < 4.78 is 41.0. The fraction of sp³-hybridized carbons (Fsp3) is 0.387. The summed E-state index contributed by atoms with van der Waals surface area (Å²) in [6.07, 6.45) is 1.42. The summed E-state index contributed by atoms with van der Waals surface area (Å²) in [6.45, 7) is 9.27. The Morgan fingerprint density at radius 3 is 2.33 bits per heavy atom. The quantitative estimate of drug-likeness (QED) is 0.193. The van der Waals surface area contributed by atoms with Crippen molar-refractivity contribution in [3.05, 3.63) is 71.5 Å². The second-order valence-corrected chi connectivity index (χ2v) is 10.4. The third-order valence-electron chi connectivity index (χ3n) is 6.86. The summed E-state index contributed by atoms with van der Waals surface area (Å²) >= 11 is 0. The summed E-state index contributed by atoms with van der Waals surface area (Å²) in [7, 11) is 0. The van der Waals surface area contributed by atoms with Crippen molar-refractivity contribution in [1.82, 2.24) is 14.8 Å². The molecular formula is C31H36F3N5O. The van der Waals surface area contributed by atoms with Gasteiger partial charge < -0.3 is 10.6 Å². The monoisotopic (exact) mass is 551 g/mol. The average molecular weight is 552 g/mol. The minimum absolute atomic E-state index is 0.0576. The molecule has 2 heterocycles. The van der Waals surface area contributed by atoms with Crippen molar-refractivity contribution in [2.75, 3.05) is 10.6 Å². The maximum absolute atomic E-state index is 13.0. The predicted molar refractivity (Wildman–Crippen MR) is 155 cm³/mol. The fourth-order valence-electron chi connectivity index (χ4n) is 4.72. The van der Waals surface area contributed by atoms with Gasteiger partial charge in [-0.2, -0.15) is 18.3 Å². The van der Waals surface area contributed by atoms with Gasteiger partial charge in [-0.25, -0.2) is 14.5 Å². The molecule has 6 nitrogen and oxygen atoms in total. The average Bonchev–Trinajstić information content (AvgIpc) is 3.23. The van der Waals surface area contributed by atoms with Crippen LogP contribution in [0.4, 0.5) is 29.3 Å². The molecule has 2 aromatic heterocycles. The van der Waals surface area contributed by atoms with Crippen LogP contribution in [0, 0.1) is 6.92 Å². The van der Waals surface area contributed by atoms with Crippen LogP contribution in [0.25, 0.3) is 22.2 Å². The summed E-state index contributed by atoms with van der Waals surface area (Å²) in [4.78, 5) is 17.4. The lowest BCUT2D eigenvalue weighted by molar-refractivity contribution is -0.137. The third kappa shape index (κ3) is 7.00. The van der Waals surface area contributed by atoms with Crippen LogP contribution in [0.5, 0.6) is 0 Å². The second kappa shape index (κ2) is 12.5. The van der Waals surface area contributed by atoms with Gasteiger partial charge in [0.15, 0.2) is 5.65 Å². The zero-order valence-corrected chi connectivity index (χ0v) is 23.4. The highest BCUT2D eigenvalue weighted by Crippen LogP contribution is 2.34. The number of pyridine rings is 1. The van der Waals surface area contributed by atoms with E-state index in [1.807, 2.05) is 23.7 Å². The number of aryl methyl sites for hydroxylation is 2. The highest BCUT2D eigenvalue weighted by Gasteiger charge is 2.30. The van der Waals surface area contributed by atoms with Gasteiger partial charge in [-0.1, -0.05) is 64.7 Å². The Hall–Kier alpha value is -3.88. The lowest BCUT2D eigenvalue weighted by atomic mass is 9.98. The van der Waals surface area contributed by atoms with E-state index in [-0.39, 0.29) is 11.6 Å². The number of urea groups is 1. The molecule has 0 aliphatic carbocycles. The lowest BCUT2D eigenvalue weighted by Gasteiger charge is -2.13. The van der Waals surface area contributed by atoms with Gasteiger partial charge in [-0.3, -0.25) is 0 Å². The van der Waals surface area contributed by atoms with Gasteiger partial charge in [0.25, 0.3) is 0 Å². The van der Waals surface area contributed by atoms with Crippen molar-refractivity contribution in [3.8, 4) is 11.1 Å². The van der Waals surface area contributed by atoms with Crippen molar-refractivity contribution in [3.63, 3.8) is 0 Å². The highest BCUT2D eigenvalue weighted by molar-refractivity contribution is 6.00. The minimum Gasteiger partial charge on any atom is -0.308 e. The molecule has 2 N–H and O–H groups in total. The van der Waals surface area contributed by atoms with Crippen LogP contribution >= 0.6 is 0 Å². The number of nitrogens with zero attached hydrogens (tertiary/aromatic N) is 3. The first-order valence-corrected chi connectivity index (χ1v) is 13.8. The number of amides is 2. The third-order valence-corrected chi connectivity index (χ3v) is 6.86. The van der Waals surface area contributed by atoms with Gasteiger partial charge in [-0.15, -0.1) is 0 Å². The summed E-state index contributed by atoms with van der Waals surface area (Å²) in [5.41, 5.74) is 4.53. The van der Waals surface area contributed by atoms with E-state index in [2.05, 4.69) is 37.5 Å². The summed E-state index contributed by atoms with van der Waals surface area (Å²) in [5, 5.41) is 11.0. The summed E-state index contributed by atoms with van der Waals surface area (Å²) in [5.74, 6) is 0.233. The zero-order valence-electron chi connectivity index (χ0n) is 23.4. The molecular weight excluding hydrogens is 515 g/mol. The molecule has 0 bridgehead atoms. The first-order chi connectivity index (χ1) is 19.1. The number of rotatable bonds is 10. The van der Waals surface area contributed by atoms with E-state index < -0.39 is 17.8 Å². The number of halogens is 3. The molecule has 0 atom stereocenters. The number of alkyl halides is 3. The molecule has 0 aliphatic heterocycles. The van der Waals surface area contributed by atoms with Crippen LogP contribution in [0.15, 0.2) is 54.6 Å². The Morgan fingerprint density at radius 1 is 0.950 bits per heavy atom. The van der Waals surface area contributed by atoms with Crippen molar-refractivity contribution < 1.29 is 18.0 Å². The number of hydrogen-bond acceptors (Lipinski definition) is 3. The number of hydrogen-bond donors (Lipinski definition) is 2. The Balaban J connectivity index is 1.54. The predicted octanol–water partition coefficient (Wildman–Crippen LogP) is 9.16. The lowest BCUT2D eigenvalue weighted by Crippen LogP contribution is -2.19. The van der Waals surface area contributed by atoms with Crippen molar-refractivity contribution in [1.29, 1.82) is 0 Å². The molecule has 0 radical (unpaired) electrons. The zero-order chi connectivity index (χ0) is 28.9. The van der Waals surface area contributed by atoms with E-state index in [0.717, 1.165) is 58.6 Å². The van der Waals surface area contributed by atoms with Crippen LogP contribution in [-0.4, -0.2) is 20.8 Å². The highest BCUT2D eigenvalue weighted by atomic mass is 19.4. The number of aromatic nitrogens is 3. The van der Waals surface area contributed by atoms with Gasteiger partial charge in [0, 0.05) is 29.0 Å². The standard InChI is InChI=1S/C31H36F3N5O/c1-5-6-7-8-9-17-39-29-28(21(4)38-39)26(19-27(37-29)20(2)3)22-13-15-24(16-14-22)35-30(40)36-25-12-10-11-23(18-25)31(32,33)34/h10-16,18-20H,5-9,17H2,1-4H3,(H2,35,36,40). The maximum Gasteiger partial charge on any atom is 0.416 e. The topological polar surface area (TPSA) is 71.8 Å². The number of unbranched alkanes of at least 4 members (excludes halogenated alkanes) is 4. The molecule has 40 heavy (non-hydrogen) atoms. The SMILES string of the molecule is CCCCCCCn1nc(C)c2c(-c3ccc(NC(=O)Nc4cccc(C(F)(F)F)c4)cc3)cc(C(C)C)nc21. The van der Waals surface area contributed by atoms with Crippen LogP contribution < -0.4 is 10.6 Å². The van der Waals surface area contributed by atoms with Crippen LogP contribution in [-0.2, 0) is 12.7 Å². The van der Waals surface area contributed by atoms with E-state index in [1.165, 1.54) is 37.8 Å². The minimum atomic E-state index is -4.48. The van der Waals surface area contributed by atoms with E-state index in [4.69, 9.17) is 10.1 Å². The van der Waals surface area contributed by atoms with E-state index in [1.54, 1.807) is 12.1 Å². The smallest absolute Gasteiger partial charge is 0.308 e. The maximum atomic E-state index is 13.0. The van der Waals surface area contributed by atoms with E-state index in [9.17, 15) is 18.0 Å². The van der Waals surface area contributed by atoms with Crippen molar-refractivity contribution >= 4 is 28.4 Å². The Bertz CT molecular complexity index is 1460. The molecule has 0 aliphatic rings. The summed E-state index contributed by atoms with van der Waals surface area (Å²) in [6, 6.07) is 13.4. The fourth-order valence-corrected chi connectivity index (χ4v) is 4.72. The van der Waals surface area contributed by atoms with E-state index >= 15 is 0 Å². The first-order valence-electron chi connectivity index (χ1n) is 13.8. The largest absolute Gasteiger partial charge is 0.416 e. The van der Waals surface area contributed by atoms with Crippen LogP contribution in [0.1, 0.15) is 75.7 Å². The first kappa shape index (κ1) is 29.1. The molecule has 9 heteroatoms. The molecule has 0 fully saturated rings. The van der Waals surface area contributed by atoms with Gasteiger partial charge >= 0.3 is 12.2 Å². The number of benzene rings is 2. The molecule has 0 unspecified atom stereocenters. The van der Waals surface area contributed by atoms with Crippen molar-refractivity contribution in [2.24, 2.45) is 0 Å². The number of carbonyl (C=O) groups excluding carboxylic acids is 1. The van der Waals surface area contributed by atoms with Crippen molar-refractivity contribution in [2.45, 2.75) is 78.4 Å². The Morgan fingerprint density at radius 2 is 1.65 bits per heavy atom. The van der Waals surface area contributed by atoms with Gasteiger partial charge in [0.1, 0.15) is 0 Å².